The molecule has 0 N–H and O–H groups in total. The van der Waals surface area contributed by atoms with Crippen molar-refractivity contribution in [1.82, 2.24) is 9.80 Å². The molecule has 2 aromatic rings. The van der Waals surface area contributed by atoms with Crippen LogP contribution in [-0.4, -0.2) is 54.4 Å². The molecule has 3 rings (SSSR count). The zero-order valence-electron chi connectivity index (χ0n) is 15.3. The molecule has 0 radical (unpaired) electrons. The van der Waals surface area contributed by atoms with Crippen LogP contribution in [0, 0.1) is 0 Å². The van der Waals surface area contributed by atoms with Crippen LogP contribution >= 0.6 is 11.6 Å². The van der Waals surface area contributed by atoms with E-state index in [0.717, 1.165) is 6.42 Å². The molecule has 1 saturated heterocycles. The van der Waals surface area contributed by atoms with Crippen molar-refractivity contribution in [1.29, 1.82) is 0 Å². The SMILES string of the molecule is CN(CCOc1ccc(Cl)cc1)C(=O)C1CCCN1C(=O)c1ccccc1. The molecule has 5 nitrogen and oxygen atoms in total. The molecule has 142 valence electrons. The molecule has 0 bridgehead atoms. The highest BCUT2D eigenvalue weighted by molar-refractivity contribution is 6.30. The first kappa shape index (κ1) is 19.2. The summed E-state index contributed by atoms with van der Waals surface area (Å²) in [5.74, 6) is 0.579. The standard InChI is InChI=1S/C21H23ClN2O3/c1-23(14-15-27-18-11-9-17(22)10-12-18)21(26)19-8-5-13-24(19)20(25)16-6-3-2-4-7-16/h2-4,6-7,9-12,19H,5,8,13-15H2,1H3. The van der Waals surface area contributed by atoms with Crippen LogP contribution in [0.4, 0.5) is 0 Å². The van der Waals surface area contributed by atoms with Gasteiger partial charge in [-0.05, 0) is 49.2 Å². The maximum atomic E-state index is 12.8. The second kappa shape index (κ2) is 8.91. The van der Waals surface area contributed by atoms with Gasteiger partial charge in [0.05, 0.1) is 6.54 Å². The summed E-state index contributed by atoms with van der Waals surface area (Å²) in [6, 6.07) is 15.8. The number of carbonyl (C=O) groups is 2. The molecule has 2 amide bonds. The summed E-state index contributed by atoms with van der Waals surface area (Å²) in [6.07, 6.45) is 1.53. The summed E-state index contributed by atoms with van der Waals surface area (Å²) < 4.78 is 5.66. The number of likely N-dealkylation sites (N-methyl/N-ethyl adjacent to an activating group) is 1. The molecule has 27 heavy (non-hydrogen) atoms. The Labute approximate surface area is 164 Å². The smallest absolute Gasteiger partial charge is 0.254 e. The number of hydrogen-bond donors (Lipinski definition) is 0. The third kappa shape index (κ3) is 4.80. The van der Waals surface area contributed by atoms with Crippen LogP contribution < -0.4 is 4.74 Å². The molecule has 1 fully saturated rings. The van der Waals surface area contributed by atoms with Gasteiger partial charge in [0.2, 0.25) is 5.91 Å². The fourth-order valence-electron chi connectivity index (χ4n) is 3.21. The fourth-order valence-corrected chi connectivity index (χ4v) is 3.33. The third-order valence-corrected chi connectivity index (χ3v) is 4.96. The Bertz CT molecular complexity index is 780. The summed E-state index contributed by atoms with van der Waals surface area (Å²) in [4.78, 5) is 28.9. The lowest BCUT2D eigenvalue weighted by atomic mass is 10.1. The Morgan fingerprint density at radius 3 is 2.56 bits per heavy atom. The maximum absolute atomic E-state index is 12.8. The van der Waals surface area contributed by atoms with Crippen molar-refractivity contribution in [2.75, 3.05) is 26.7 Å². The minimum Gasteiger partial charge on any atom is -0.492 e. The molecule has 1 aliphatic rings. The van der Waals surface area contributed by atoms with Gasteiger partial charge >= 0.3 is 0 Å². The molecule has 1 heterocycles. The van der Waals surface area contributed by atoms with Gasteiger partial charge in [-0.15, -0.1) is 0 Å². The Morgan fingerprint density at radius 1 is 1.15 bits per heavy atom. The number of halogens is 1. The van der Waals surface area contributed by atoms with Crippen molar-refractivity contribution < 1.29 is 14.3 Å². The van der Waals surface area contributed by atoms with Crippen LogP contribution in [0.1, 0.15) is 23.2 Å². The second-order valence-corrected chi connectivity index (χ2v) is 7.02. The highest BCUT2D eigenvalue weighted by Gasteiger charge is 2.35. The minimum atomic E-state index is -0.404. The normalized spacial score (nSPS) is 16.2. The molecule has 2 aromatic carbocycles. The highest BCUT2D eigenvalue weighted by Crippen LogP contribution is 2.22. The zero-order valence-corrected chi connectivity index (χ0v) is 16.1. The lowest BCUT2D eigenvalue weighted by Gasteiger charge is -2.28. The van der Waals surface area contributed by atoms with Crippen molar-refractivity contribution in [3.8, 4) is 5.75 Å². The average molecular weight is 387 g/mol. The van der Waals surface area contributed by atoms with E-state index in [1.165, 1.54) is 0 Å². The predicted molar refractivity (Wildman–Crippen MR) is 105 cm³/mol. The molecular formula is C21H23ClN2O3. The van der Waals surface area contributed by atoms with Crippen LogP contribution in [-0.2, 0) is 4.79 Å². The lowest BCUT2D eigenvalue weighted by molar-refractivity contribution is -0.134. The predicted octanol–water partition coefficient (Wildman–Crippen LogP) is 3.48. The molecule has 1 unspecified atom stereocenters. The van der Waals surface area contributed by atoms with Gasteiger partial charge in [-0.3, -0.25) is 9.59 Å². The van der Waals surface area contributed by atoms with E-state index in [-0.39, 0.29) is 11.8 Å². The van der Waals surface area contributed by atoms with Crippen LogP contribution in [0.2, 0.25) is 5.02 Å². The van der Waals surface area contributed by atoms with Crippen LogP contribution in [0.3, 0.4) is 0 Å². The first-order valence-corrected chi connectivity index (χ1v) is 9.43. The number of hydrogen-bond acceptors (Lipinski definition) is 3. The van der Waals surface area contributed by atoms with E-state index in [0.29, 0.717) is 42.5 Å². The van der Waals surface area contributed by atoms with Gasteiger partial charge in [-0.2, -0.15) is 0 Å². The quantitative estimate of drug-likeness (QED) is 0.763. The topological polar surface area (TPSA) is 49.9 Å². The van der Waals surface area contributed by atoms with E-state index in [9.17, 15) is 9.59 Å². The Morgan fingerprint density at radius 2 is 1.85 bits per heavy atom. The highest BCUT2D eigenvalue weighted by atomic mass is 35.5. The van der Waals surface area contributed by atoms with Gasteiger partial charge in [0.1, 0.15) is 18.4 Å². The summed E-state index contributed by atoms with van der Waals surface area (Å²) in [5.41, 5.74) is 0.617. The molecule has 6 heteroatoms. The van der Waals surface area contributed by atoms with Crippen LogP contribution in [0.25, 0.3) is 0 Å². The molecule has 0 aromatic heterocycles. The maximum Gasteiger partial charge on any atom is 0.254 e. The van der Waals surface area contributed by atoms with Crippen molar-refractivity contribution >= 4 is 23.4 Å². The third-order valence-electron chi connectivity index (χ3n) is 4.70. The Kier molecular flexibility index (Phi) is 6.35. The number of nitrogens with zero attached hydrogens (tertiary/aromatic N) is 2. The van der Waals surface area contributed by atoms with Gasteiger partial charge in [0, 0.05) is 24.2 Å². The number of carbonyl (C=O) groups excluding carboxylic acids is 2. The van der Waals surface area contributed by atoms with Gasteiger partial charge in [0.15, 0.2) is 0 Å². The van der Waals surface area contributed by atoms with Gasteiger partial charge < -0.3 is 14.5 Å². The molecular weight excluding hydrogens is 364 g/mol. The van der Waals surface area contributed by atoms with Crippen molar-refractivity contribution in [2.45, 2.75) is 18.9 Å². The largest absolute Gasteiger partial charge is 0.492 e. The van der Waals surface area contributed by atoms with E-state index < -0.39 is 6.04 Å². The number of rotatable bonds is 6. The van der Waals surface area contributed by atoms with E-state index in [1.807, 2.05) is 18.2 Å². The molecule has 0 saturated carbocycles. The van der Waals surface area contributed by atoms with Gasteiger partial charge in [-0.25, -0.2) is 0 Å². The Balaban J connectivity index is 1.55. The Hall–Kier alpha value is -2.53. The van der Waals surface area contributed by atoms with E-state index >= 15 is 0 Å². The molecule has 0 aliphatic carbocycles. The molecule has 1 atom stereocenters. The summed E-state index contributed by atoms with van der Waals surface area (Å²) in [5, 5.41) is 0.652. The summed E-state index contributed by atoms with van der Waals surface area (Å²) in [6.45, 7) is 1.44. The minimum absolute atomic E-state index is 0.0449. The second-order valence-electron chi connectivity index (χ2n) is 6.58. The van der Waals surface area contributed by atoms with Crippen LogP contribution in [0.15, 0.2) is 54.6 Å². The first-order chi connectivity index (χ1) is 13.1. The number of amides is 2. The summed E-state index contributed by atoms with van der Waals surface area (Å²) in [7, 11) is 1.75. The van der Waals surface area contributed by atoms with Gasteiger partial charge in [-0.1, -0.05) is 29.8 Å². The van der Waals surface area contributed by atoms with E-state index in [1.54, 1.807) is 53.2 Å². The van der Waals surface area contributed by atoms with E-state index in [2.05, 4.69) is 0 Å². The fraction of sp³-hybridized carbons (Fsp3) is 0.333. The van der Waals surface area contributed by atoms with Crippen LogP contribution in [0.5, 0.6) is 5.75 Å². The number of ether oxygens (including phenoxy) is 1. The molecule has 1 aliphatic heterocycles. The van der Waals surface area contributed by atoms with Gasteiger partial charge in [0.25, 0.3) is 5.91 Å². The summed E-state index contributed by atoms with van der Waals surface area (Å²) >= 11 is 5.85. The average Bonchev–Trinajstić information content (AvgIpc) is 3.18. The molecule has 0 spiro atoms. The monoisotopic (exact) mass is 386 g/mol. The van der Waals surface area contributed by atoms with Crippen molar-refractivity contribution in [2.24, 2.45) is 0 Å². The zero-order chi connectivity index (χ0) is 19.2. The number of likely N-dealkylation sites (tertiary alicyclic amines) is 1. The van der Waals surface area contributed by atoms with Crippen molar-refractivity contribution in [3.05, 3.63) is 65.2 Å². The van der Waals surface area contributed by atoms with E-state index in [4.69, 9.17) is 16.3 Å². The van der Waals surface area contributed by atoms with Crippen molar-refractivity contribution in [3.63, 3.8) is 0 Å². The number of benzene rings is 2. The lowest BCUT2D eigenvalue weighted by Crippen LogP contribution is -2.47. The first-order valence-electron chi connectivity index (χ1n) is 9.05.